The third-order valence-electron chi connectivity index (χ3n) is 4.63. The summed E-state index contributed by atoms with van der Waals surface area (Å²) >= 11 is 0. The fraction of sp³-hybridized carbons (Fsp3) is 0.138. The summed E-state index contributed by atoms with van der Waals surface area (Å²) in [5.41, 5.74) is 3.69. The maximum atomic E-state index is 12.2. The molecule has 32 heavy (non-hydrogen) atoms. The Bertz CT molecular complexity index is 1020. The molecule has 0 saturated carbocycles. The molecule has 4 aromatic rings. The number of rotatable bonds is 4. The lowest BCUT2D eigenvalue weighted by Crippen LogP contribution is -2.03. The van der Waals surface area contributed by atoms with Crippen molar-refractivity contribution in [2.45, 2.75) is 13.8 Å². The highest BCUT2D eigenvalue weighted by atomic mass is 16.5. The van der Waals surface area contributed by atoms with Crippen LogP contribution in [0.15, 0.2) is 109 Å². The molecular formula is C29H30O3. The Morgan fingerprint density at radius 3 is 1.44 bits per heavy atom. The van der Waals surface area contributed by atoms with E-state index in [1.807, 2.05) is 123 Å². The van der Waals surface area contributed by atoms with E-state index in [2.05, 4.69) is 0 Å². The molecule has 3 nitrogen and oxygen atoms in total. The molecule has 0 aliphatic carbocycles. The van der Waals surface area contributed by atoms with Gasteiger partial charge in [-0.1, -0.05) is 84.4 Å². The number of hydrogen-bond acceptors (Lipinski definition) is 3. The first-order chi connectivity index (χ1) is 15.5. The van der Waals surface area contributed by atoms with E-state index in [1.165, 1.54) is 0 Å². The summed E-state index contributed by atoms with van der Waals surface area (Å²) in [6.07, 6.45) is 0. The molecule has 0 spiro atoms. The maximum Gasteiger partial charge on any atom is 0.193 e. The molecular weight excluding hydrogens is 396 g/mol. The summed E-state index contributed by atoms with van der Waals surface area (Å²) in [5, 5.41) is 0. The van der Waals surface area contributed by atoms with Crippen LogP contribution in [0.3, 0.4) is 0 Å². The summed E-state index contributed by atoms with van der Waals surface area (Å²) < 4.78 is 9.83. The number of methoxy groups -OCH3 is 2. The molecule has 0 saturated heterocycles. The fourth-order valence-corrected chi connectivity index (χ4v) is 2.84. The molecule has 0 amide bonds. The molecule has 3 heteroatoms. The van der Waals surface area contributed by atoms with Crippen molar-refractivity contribution in [3.8, 4) is 11.5 Å². The van der Waals surface area contributed by atoms with Crippen LogP contribution in [0.2, 0.25) is 0 Å². The lowest BCUT2D eigenvalue weighted by molar-refractivity contribution is 0.103. The van der Waals surface area contributed by atoms with Gasteiger partial charge in [0.25, 0.3) is 0 Å². The summed E-state index contributed by atoms with van der Waals surface area (Å²) in [6, 6.07) is 34.7. The van der Waals surface area contributed by atoms with E-state index in [9.17, 15) is 4.79 Å². The number of ether oxygens (including phenoxy) is 2. The Morgan fingerprint density at radius 1 is 0.594 bits per heavy atom. The van der Waals surface area contributed by atoms with Gasteiger partial charge in [-0.05, 0) is 49.7 Å². The number of carbonyl (C=O) groups excluding carboxylic acids is 1. The number of aryl methyl sites for hydroxylation is 2. The second-order valence-electron chi connectivity index (χ2n) is 7.05. The molecule has 164 valence electrons. The van der Waals surface area contributed by atoms with Crippen molar-refractivity contribution < 1.29 is 14.3 Å². The first-order valence-corrected chi connectivity index (χ1v) is 10.4. The average Bonchev–Trinajstić information content (AvgIpc) is 2.87. The smallest absolute Gasteiger partial charge is 0.193 e. The van der Waals surface area contributed by atoms with Crippen LogP contribution < -0.4 is 9.47 Å². The van der Waals surface area contributed by atoms with Crippen LogP contribution in [-0.2, 0) is 0 Å². The SMILES string of the molecule is COc1ccccc1.COc1ccccc1.Cc1ccc(C)c(C(=O)c2ccccc2)c1. The van der Waals surface area contributed by atoms with Crippen molar-refractivity contribution in [3.63, 3.8) is 0 Å². The summed E-state index contributed by atoms with van der Waals surface area (Å²) in [5.74, 6) is 1.92. The van der Waals surface area contributed by atoms with E-state index in [1.54, 1.807) is 14.2 Å². The summed E-state index contributed by atoms with van der Waals surface area (Å²) in [4.78, 5) is 12.2. The number of para-hydroxylation sites is 2. The van der Waals surface area contributed by atoms with E-state index in [0.29, 0.717) is 0 Å². The van der Waals surface area contributed by atoms with Crippen molar-refractivity contribution in [2.24, 2.45) is 0 Å². The van der Waals surface area contributed by atoms with Gasteiger partial charge < -0.3 is 9.47 Å². The molecule has 0 unspecified atom stereocenters. The average molecular weight is 427 g/mol. The molecule has 0 aliphatic heterocycles. The fourth-order valence-electron chi connectivity index (χ4n) is 2.84. The van der Waals surface area contributed by atoms with Crippen LogP contribution in [-0.4, -0.2) is 20.0 Å². The van der Waals surface area contributed by atoms with Gasteiger partial charge >= 0.3 is 0 Å². The predicted molar refractivity (Wildman–Crippen MR) is 132 cm³/mol. The van der Waals surface area contributed by atoms with Crippen LogP contribution in [0.25, 0.3) is 0 Å². The van der Waals surface area contributed by atoms with E-state index in [4.69, 9.17) is 9.47 Å². The number of benzene rings is 4. The van der Waals surface area contributed by atoms with Crippen LogP contribution in [0.1, 0.15) is 27.0 Å². The minimum absolute atomic E-state index is 0.0989. The third kappa shape index (κ3) is 8.11. The van der Waals surface area contributed by atoms with Crippen LogP contribution >= 0.6 is 0 Å². The van der Waals surface area contributed by atoms with Gasteiger partial charge in [0.05, 0.1) is 14.2 Å². The van der Waals surface area contributed by atoms with Crippen molar-refractivity contribution in [1.29, 1.82) is 0 Å². The highest BCUT2D eigenvalue weighted by molar-refractivity contribution is 6.09. The number of hydrogen-bond donors (Lipinski definition) is 0. The highest BCUT2D eigenvalue weighted by Crippen LogP contribution is 2.15. The molecule has 0 aliphatic rings. The minimum atomic E-state index is 0.0989. The Morgan fingerprint density at radius 2 is 1.03 bits per heavy atom. The second kappa shape index (κ2) is 13.5. The molecule has 0 bridgehead atoms. The highest BCUT2D eigenvalue weighted by Gasteiger charge is 2.10. The third-order valence-corrected chi connectivity index (χ3v) is 4.63. The Labute approximate surface area is 191 Å². The first-order valence-electron chi connectivity index (χ1n) is 10.4. The molecule has 4 aromatic carbocycles. The predicted octanol–water partition coefficient (Wildman–Crippen LogP) is 6.92. The molecule has 0 aromatic heterocycles. The summed E-state index contributed by atoms with van der Waals surface area (Å²) in [7, 11) is 3.32. The van der Waals surface area contributed by atoms with Gasteiger partial charge in [-0.25, -0.2) is 0 Å². The lowest BCUT2D eigenvalue weighted by Gasteiger charge is -2.06. The van der Waals surface area contributed by atoms with Gasteiger partial charge in [-0.2, -0.15) is 0 Å². The van der Waals surface area contributed by atoms with Crippen molar-refractivity contribution in [2.75, 3.05) is 14.2 Å². The minimum Gasteiger partial charge on any atom is -0.497 e. The maximum absolute atomic E-state index is 12.2. The summed E-state index contributed by atoms with van der Waals surface area (Å²) in [6.45, 7) is 3.97. The zero-order chi connectivity index (χ0) is 23.2. The normalized spacial score (nSPS) is 9.38. The molecule has 4 rings (SSSR count). The Kier molecular flexibility index (Phi) is 10.3. The molecule has 0 N–H and O–H groups in total. The number of ketones is 1. The van der Waals surface area contributed by atoms with E-state index in [0.717, 1.165) is 33.8 Å². The van der Waals surface area contributed by atoms with Crippen LogP contribution in [0.5, 0.6) is 11.5 Å². The zero-order valence-corrected chi connectivity index (χ0v) is 19.1. The Balaban J connectivity index is 0.000000190. The largest absolute Gasteiger partial charge is 0.497 e. The van der Waals surface area contributed by atoms with Gasteiger partial charge in [-0.15, -0.1) is 0 Å². The van der Waals surface area contributed by atoms with Gasteiger partial charge in [0.1, 0.15) is 11.5 Å². The number of carbonyl (C=O) groups is 1. The standard InChI is InChI=1S/C15H14O.2C7H8O/c1-11-8-9-12(2)14(10-11)15(16)13-6-4-3-5-7-13;2*1-8-7-5-3-2-4-6-7/h3-10H,1-2H3;2*2-6H,1H3. The van der Waals surface area contributed by atoms with Gasteiger partial charge in [0.15, 0.2) is 5.78 Å². The second-order valence-corrected chi connectivity index (χ2v) is 7.05. The van der Waals surface area contributed by atoms with Crippen molar-refractivity contribution in [3.05, 3.63) is 131 Å². The molecule has 0 atom stereocenters. The molecule has 0 fully saturated rings. The topological polar surface area (TPSA) is 35.5 Å². The van der Waals surface area contributed by atoms with Gasteiger partial charge in [0.2, 0.25) is 0 Å². The van der Waals surface area contributed by atoms with E-state index in [-0.39, 0.29) is 5.78 Å². The lowest BCUT2D eigenvalue weighted by atomic mass is 9.97. The van der Waals surface area contributed by atoms with Gasteiger partial charge in [-0.3, -0.25) is 4.79 Å². The Hall–Kier alpha value is -3.85. The van der Waals surface area contributed by atoms with Crippen molar-refractivity contribution >= 4 is 5.78 Å². The first kappa shape index (κ1) is 24.4. The van der Waals surface area contributed by atoms with Crippen molar-refractivity contribution in [1.82, 2.24) is 0 Å². The van der Waals surface area contributed by atoms with Gasteiger partial charge in [0, 0.05) is 11.1 Å². The van der Waals surface area contributed by atoms with Crippen LogP contribution in [0, 0.1) is 13.8 Å². The molecule has 0 radical (unpaired) electrons. The van der Waals surface area contributed by atoms with E-state index < -0.39 is 0 Å². The monoisotopic (exact) mass is 426 g/mol. The van der Waals surface area contributed by atoms with Crippen LogP contribution in [0.4, 0.5) is 0 Å². The van der Waals surface area contributed by atoms with E-state index >= 15 is 0 Å². The molecule has 0 heterocycles. The quantitative estimate of drug-likeness (QED) is 0.332. The zero-order valence-electron chi connectivity index (χ0n) is 19.1.